The van der Waals surface area contributed by atoms with Crippen LogP contribution in [0.3, 0.4) is 0 Å². The number of ether oxygens (including phenoxy) is 3. The number of piperazine rings is 1. The lowest BCUT2D eigenvalue weighted by molar-refractivity contribution is -0.122. The van der Waals surface area contributed by atoms with Crippen LogP contribution in [0.2, 0.25) is 0 Å². The monoisotopic (exact) mass is 491 g/mol. The van der Waals surface area contributed by atoms with Gasteiger partial charge in [0.2, 0.25) is 15.9 Å². The van der Waals surface area contributed by atoms with Crippen molar-refractivity contribution in [2.45, 2.75) is 25.3 Å². The van der Waals surface area contributed by atoms with E-state index >= 15 is 0 Å². The molecule has 1 saturated heterocycles. The minimum Gasteiger partial charge on any atom is -0.496 e. The van der Waals surface area contributed by atoms with Gasteiger partial charge in [0.15, 0.2) is 11.5 Å². The summed E-state index contributed by atoms with van der Waals surface area (Å²) in [5.41, 5.74) is 2.53. The van der Waals surface area contributed by atoms with E-state index in [-0.39, 0.29) is 19.0 Å². The highest BCUT2D eigenvalue weighted by atomic mass is 32.2. The van der Waals surface area contributed by atoms with Crippen LogP contribution in [0.25, 0.3) is 0 Å². The third-order valence-corrected chi connectivity index (χ3v) is 7.97. The first-order chi connectivity index (χ1) is 16.2. The topological polar surface area (TPSA) is 97.4 Å². The van der Waals surface area contributed by atoms with E-state index < -0.39 is 10.0 Å². The SMILES string of the molecule is COc1cc(OC)c(OC)cc1CNC(=O)CN1CCN(S(=O)(=O)c2ccc(C)cc2C)CC1. The molecule has 3 rings (SSSR count). The van der Waals surface area contributed by atoms with Gasteiger partial charge in [-0.25, -0.2) is 8.42 Å². The van der Waals surface area contributed by atoms with Gasteiger partial charge < -0.3 is 19.5 Å². The number of carbonyl (C=O) groups is 1. The van der Waals surface area contributed by atoms with Crippen molar-refractivity contribution in [1.82, 2.24) is 14.5 Å². The number of benzene rings is 2. The molecule has 1 amide bonds. The van der Waals surface area contributed by atoms with Crippen LogP contribution < -0.4 is 19.5 Å². The summed E-state index contributed by atoms with van der Waals surface area (Å²) in [4.78, 5) is 14.9. The summed E-state index contributed by atoms with van der Waals surface area (Å²) in [6, 6.07) is 8.85. The molecule has 186 valence electrons. The molecule has 10 heteroatoms. The molecule has 34 heavy (non-hydrogen) atoms. The van der Waals surface area contributed by atoms with Crippen molar-refractivity contribution in [3.05, 3.63) is 47.0 Å². The molecule has 9 nitrogen and oxygen atoms in total. The highest BCUT2D eigenvalue weighted by Crippen LogP contribution is 2.34. The van der Waals surface area contributed by atoms with Crippen molar-refractivity contribution >= 4 is 15.9 Å². The van der Waals surface area contributed by atoms with Crippen LogP contribution in [0.1, 0.15) is 16.7 Å². The first-order valence-electron chi connectivity index (χ1n) is 11.0. The Morgan fingerprint density at radius 2 is 1.53 bits per heavy atom. The van der Waals surface area contributed by atoms with Crippen molar-refractivity contribution in [3.63, 3.8) is 0 Å². The maximum Gasteiger partial charge on any atom is 0.243 e. The largest absolute Gasteiger partial charge is 0.496 e. The lowest BCUT2D eigenvalue weighted by Gasteiger charge is -2.33. The van der Waals surface area contributed by atoms with E-state index in [2.05, 4.69) is 5.32 Å². The van der Waals surface area contributed by atoms with Crippen molar-refractivity contribution in [3.8, 4) is 17.2 Å². The smallest absolute Gasteiger partial charge is 0.243 e. The number of nitrogens with one attached hydrogen (secondary N) is 1. The molecule has 1 fully saturated rings. The molecule has 1 aliphatic rings. The van der Waals surface area contributed by atoms with Crippen LogP contribution in [-0.2, 0) is 21.4 Å². The summed E-state index contributed by atoms with van der Waals surface area (Å²) in [6.45, 7) is 5.85. The minimum atomic E-state index is -3.56. The van der Waals surface area contributed by atoms with Gasteiger partial charge in [0.05, 0.1) is 32.8 Å². The fraction of sp³-hybridized carbons (Fsp3) is 0.458. The predicted molar refractivity (Wildman–Crippen MR) is 129 cm³/mol. The summed E-state index contributed by atoms with van der Waals surface area (Å²) in [5, 5.41) is 2.90. The lowest BCUT2D eigenvalue weighted by Crippen LogP contribution is -2.51. The molecule has 0 bridgehead atoms. The number of aryl methyl sites for hydroxylation is 2. The first-order valence-corrected chi connectivity index (χ1v) is 12.5. The van der Waals surface area contributed by atoms with Crippen molar-refractivity contribution in [1.29, 1.82) is 0 Å². The van der Waals surface area contributed by atoms with E-state index in [0.29, 0.717) is 48.3 Å². The number of carbonyl (C=O) groups excluding carboxylic acids is 1. The molecule has 0 unspecified atom stereocenters. The molecule has 0 aliphatic carbocycles. The van der Waals surface area contributed by atoms with Gasteiger partial charge in [-0.1, -0.05) is 17.7 Å². The van der Waals surface area contributed by atoms with Gasteiger partial charge in [-0.3, -0.25) is 9.69 Å². The molecule has 0 radical (unpaired) electrons. The predicted octanol–water partition coefficient (Wildman–Crippen LogP) is 1.95. The Morgan fingerprint density at radius 3 is 2.12 bits per heavy atom. The van der Waals surface area contributed by atoms with Crippen LogP contribution in [0.4, 0.5) is 0 Å². The fourth-order valence-corrected chi connectivity index (χ4v) is 5.67. The average Bonchev–Trinajstić information content (AvgIpc) is 2.82. The maximum atomic E-state index is 13.1. The highest BCUT2D eigenvalue weighted by Gasteiger charge is 2.30. The molecular weight excluding hydrogens is 458 g/mol. The van der Waals surface area contributed by atoms with Gasteiger partial charge in [0, 0.05) is 44.4 Å². The van der Waals surface area contributed by atoms with Gasteiger partial charge in [-0.05, 0) is 31.5 Å². The zero-order chi connectivity index (χ0) is 24.9. The summed E-state index contributed by atoms with van der Waals surface area (Å²) in [7, 11) is 1.09. The molecule has 0 atom stereocenters. The van der Waals surface area contributed by atoms with E-state index in [1.54, 1.807) is 39.5 Å². The van der Waals surface area contributed by atoms with Crippen molar-refractivity contribution in [2.24, 2.45) is 0 Å². The Hall–Kier alpha value is -2.82. The van der Waals surface area contributed by atoms with Gasteiger partial charge in [0.1, 0.15) is 5.75 Å². The quantitative estimate of drug-likeness (QED) is 0.573. The standard InChI is InChI=1S/C24H33N3O6S/c1-17-6-7-23(18(2)12-17)34(29,30)27-10-8-26(9-11-27)16-24(28)25-15-19-13-21(32-4)22(33-5)14-20(19)31-3/h6-7,12-14H,8-11,15-16H2,1-5H3,(H,25,28). The van der Waals surface area contributed by atoms with Gasteiger partial charge in [0.25, 0.3) is 0 Å². The normalized spacial score (nSPS) is 15.1. The van der Waals surface area contributed by atoms with E-state index in [9.17, 15) is 13.2 Å². The summed E-state index contributed by atoms with van der Waals surface area (Å²) < 4.78 is 43.6. The average molecular weight is 492 g/mol. The van der Waals surface area contributed by atoms with Crippen LogP contribution in [-0.4, -0.2) is 77.6 Å². The molecule has 1 aliphatic heterocycles. The van der Waals surface area contributed by atoms with E-state index in [0.717, 1.165) is 16.7 Å². The Balaban J connectivity index is 1.55. The number of methoxy groups -OCH3 is 3. The second-order valence-electron chi connectivity index (χ2n) is 8.24. The Morgan fingerprint density at radius 1 is 0.912 bits per heavy atom. The summed E-state index contributed by atoms with van der Waals surface area (Å²) in [6.07, 6.45) is 0. The third kappa shape index (κ3) is 5.81. The molecule has 2 aromatic rings. The number of rotatable bonds is 9. The Bertz CT molecular complexity index is 1130. The minimum absolute atomic E-state index is 0.150. The van der Waals surface area contributed by atoms with Crippen molar-refractivity contribution < 1.29 is 27.4 Å². The number of hydrogen-bond donors (Lipinski definition) is 1. The number of sulfonamides is 1. The third-order valence-electron chi connectivity index (χ3n) is 5.91. The van der Waals surface area contributed by atoms with Crippen LogP contribution in [0, 0.1) is 13.8 Å². The number of hydrogen-bond acceptors (Lipinski definition) is 7. The molecule has 1 N–H and O–H groups in total. The van der Waals surface area contributed by atoms with Gasteiger partial charge >= 0.3 is 0 Å². The number of nitrogens with zero attached hydrogens (tertiary/aromatic N) is 2. The molecule has 0 aromatic heterocycles. The maximum absolute atomic E-state index is 13.1. The number of amides is 1. The molecule has 1 heterocycles. The highest BCUT2D eigenvalue weighted by molar-refractivity contribution is 7.89. The zero-order valence-corrected chi connectivity index (χ0v) is 21.2. The van der Waals surface area contributed by atoms with E-state index in [1.165, 1.54) is 4.31 Å². The molecule has 0 saturated carbocycles. The van der Waals surface area contributed by atoms with E-state index in [4.69, 9.17) is 14.2 Å². The fourth-order valence-electron chi connectivity index (χ4n) is 4.04. The second kappa shape index (κ2) is 11.1. The second-order valence-corrected chi connectivity index (χ2v) is 10.2. The summed E-state index contributed by atoms with van der Waals surface area (Å²) >= 11 is 0. The first kappa shape index (κ1) is 25.8. The lowest BCUT2D eigenvalue weighted by atomic mass is 10.1. The molecule has 0 spiro atoms. The summed E-state index contributed by atoms with van der Waals surface area (Å²) in [5.74, 6) is 1.53. The van der Waals surface area contributed by atoms with E-state index in [1.807, 2.05) is 30.9 Å². The van der Waals surface area contributed by atoms with Gasteiger partial charge in [-0.15, -0.1) is 0 Å². The van der Waals surface area contributed by atoms with Crippen LogP contribution >= 0.6 is 0 Å². The molecule has 2 aromatic carbocycles. The van der Waals surface area contributed by atoms with Gasteiger partial charge in [-0.2, -0.15) is 4.31 Å². The van der Waals surface area contributed by atoms with Crippen LogP contribution in [0.5, 0.6) is 17.2 Å². The van der Waals surface area contributed by atoms with Crippen LogP contribution in [0.15, 0.2) is 35.2 Å². The zero-order valence-electron chi connectivity index (χ0n) is 20.4. The Labute approximate surface area is 201 Å². The van der Waals surface area contributed by atoms with Crippen molar-refractivity contribution in [2.75, 3.05) is 54.1 Å². The molecular formula is C24H33N3O6S. The Kier molecular flexibility index (Phi) is 8.40.